The first-order valence-corrected chi connectivity index (χ1v) is 6.38. The first kappa shape index (κ1) is 12.9. The van der Waals surface area contributed by atoms with E-state index in [1.54, 1.807) is 0 Å². The van der Waals surface area contributed by atoms with Crippen molar-refractivity contribution < 1.29 is 19.5 Å². The van der Waals surface area contributed by atoms with Crippen LogP contribution in [0.15, 0.2) is 0 Å². The summed E-state index contributed by atoms with van der Waals surface area (Å²) in [7, 11) is 0. The number of carbonyl (C=O) groups is 3. The highest BCUT2D eigenvalue weighted by molar-refractivity contribution is 5.86. The van der Waals surface area contributed by atoms with Crippen LogP contribution in [0.1, 0.15) is 32.1 Å². The van der Waals surface area contributed by atoms with Gasteiger partial charge in [0, 0.05) is 13.0 Å². The van der Waals surface area contributed by atoms with Crippen molar-refractivity contribution in [2.24, 2.45) is 11.8 Å². The van der Waals surface area contributed by atoms with E-state index in [2.05, 4.69) is 10.6 Å². The van der Waals surface area contributed by atoms with E-state index in [0.29, 0.717) is 19.4 Å². The molecular formula is C12H18N2O4. The zero-order valence-corrected chi connectivity index (χ0v) is 10.1. The van der Waals surface area contributed by atoms with Gasteiger partial charge in [0.05, 0.1) is 17.9 Å². The Bertz CT molecular complexity index is 369. The minimum atomic E-state index is -0.893. The smallest absolute Gasteiger partial charge is 0.307 e. The van der Waals surface area contributed by atoms with Gasteiger partial charge in [0.2, 0.25) is 11.8 Å². The fourth-order valence-corrected chi connectivity index (χ4v) is 2.76. The van der Waals surface area contributed by atoms with Crippen molar-refractivity contribution in [2.75, 3.05) is 6.54 Å². The Labute approximate surface area is 105 Å². The molecule has 3 atom stereocenters. The zero-order valence-electron chi connectivity index (χ0n) is 10.1. The lowest BCUT2D eigenvalue weighted by Gasteiger charge is -2.28. The van der Waals surface area contributed by atoms with Crippen LogP contribution < -0.4 is 10.6 Å². The van der Waals surface area contributed by atoms with Crippen LogP contribution in [0.5, 0.6) is 0 Å². The molecule has 2 amide bonds. The van der Waals surface area contributed by atoms with E-state index in [4.69, 9.17) is 5.11 Å². The van der Waals surface area contributed by atoms with E-state index >= 15 is 0 Å². The fraction of sp³-hybridized carbons (Fsp3) is 0.750. The number of rotatable bonds is 3. The van der Waals surface area contributed by atoms with Crippen molar-refractivity contribution in [1.82, 2.24) is 10.6 Å². The molecule has 1 heterocycles. The quantitative estimate of drug-likeness (QED) is 0.654. The van der Waals surface area contributed by atoms with E-state index in [1.807, 2.05) is 0 Å². The van der Waals surface area contributed by atoms with Crippen molar-refractivity contribution in [2.45, 2.75) is 38.1 Å². The molecule has 0 aromatic carbocycles. The Kier molecular flexibility index (Phi) is 3.84. The zero-order chi connectivity index (χ0) is 13.1. The van der Waals surface area contributed by atoms with Crippen LogP contribution in [0, 0.1) is 11.8 Å². The molecule has 100 valence electrons. The highest BCUT2D eigenvalue weighted by atomic mass is 16.4. The minimum absolute atomic E-state index is 0.0706. The number of carboxylic acids is 1. The Morgan fingerprint density at radius 3 is 2.44 bits per heavy atom. The summed E-state index contributed by atoms with van der Waals surface area (Å²) in [6, 6.07) is -0.193. The van der Waals surface area contributed by atoms with Gasteiger partial charge in [-0.15, -0.1) is 0 Å². The average molecular weight is 254 g/mol. The Hall–Kier alpha value is -1.59. The molecule has 1 saturated carbocycles. The summed E-state index contributed by atoms with van der Waals surface area (Å²) in [6.07, 6.45) is 3.23. The number of nitrogens with one attached hydrogen (secondary N) is 2. The predicted octanol–water partition coefficient (Wildman–Crippen LogP) is -0.118. The molecule has 1 aliphatic carbocycles. The van der Waals surface area contributed by atoms with Gasteiger partial charge in [0.15, 0.2) is 0 Å². The molecule has 6 nitrogen and oxygen atoms in total. The number of amides is 2. The molecular weight excluding hydrogens is 236 g/mol. The van der Waals surface area contributed by atoms with E-state index in [0.717, 1.165) is 12.8 Å². The number of carboxylic acid groups (broad SMARTS) is 1. The largest absolute Gasteiger partial charge is 0.481 e. The van der Waals surface area contributed by atoms with Gasteiger partial charge in [-0.05, 0) is 12.8 Å². The van der Waals surface area contributed by atoms with E-state index in [9.17, 15) is 14.4 Å². The lowest BCUT2D eigenvalue weighted by Crippen LogP contribution is -2.44. The van der Waals surface area contributed by atoms with Crippen molar-refractivity contribution in [1.29, 1.82) is 0 Å². The van der Waals surface area contributed by atoms with Gasteiger partial charge >= 0.3 is 5.97 Å². The Morgan fingerprint density at radius 2 is 1.89 bits per heavy atom. The van der Waals surface area contributed by atoms with Gasteiger partial charge < -0.3 is 15.7 Å². The van der Waals surface area contributed by atoms with Gasteiger partial charge in [-0.25, -0.2) is 0 Å². The molecule has 2 rings (SSSR count). The predicted molar refractivity (Wildman–Crippen MR) is 62.6 cm³/mol. The van der Waals surface area contributed by atoms with Crippen molar-refractivity contribution in [3.8, 4) is 0 Å². The van der Waals surface area contributed by atoms with Crippen molar-refractivity contribution >= 4 is 17.8 Å². The summed E-state index contributed by atoms with van der Waals surface area (Å²) in [6.45, 7) is 0.440. The third-order valence-corrected chi connectivity index (χ3v) is 3.74. The molecule has 1 saturated heterocycles. The maximum atomic E-state index is 12.1. The Balaban J connectivity index is 1.94. The molecule has 2 fully saturated rings. The molecule has 0 aromatic rings. The lowest BCUT2D eigenvalue weighted by molar-refractivity contribution is -0.149. The second-order valence-electron chi connectivity index (χ2n) is 5.05. The number of aliphatic carboxylic acids is 1. The van der Waals surface area contributed by atoms with Crippen LogP contribution in [0.3, 0.4) is 0 Å². The highest BCUT2D eigenvalue weighted by Crippen LogP contribution is 2.30. The number of hydrogen-bond acceptors (Lipinski definition) is 3. The topological polar surface area (TPSA) is 95.5 Å². The second-order valence-corrected chi connectivity index (χ2v) is 5.05. The monoisotopic (exact) mass is 254 g/mol. The van der Waals surface area contributed by atoms with Crippen LogP contribution in [0.4, 0.5) is 0 Å². The van der Waals surface area contributed by atoms with Gasteiger partial charge in [-0.1, -0.05) is 12.8 Å². The molecule has 6 heteroatoms. The molecule has 1 aliphatic heterocycles. The molecule has 0 spiro atoms. The van der Waals surface area contributed by atoms with E-state index < -0.39 is 17.8 Å². The molecule has 0 bridgehead atoms. The number of carbonyl (C=O) groups excluding carboxylic acids is 2. The van der Waals surface area contributed by atoms with Crippen molar-refractivity contribution in [3.63, 3.8) is 0 Å². The highest BCUT2D eigenvalue weighted by Gasteiger charge is 2.37. The summed E-state index contributed by atoms with van der Waals surface area (Å²) in [4.78, 5) is 34.2. The number of hydrogen-bond donors (Lipinski definition) is 3. The lowest BCUT2D eigenvalue weighted by atomic mass is 9.78. The van der Waals surface area contributed by atoms with Gasteiger partial charge in [-0.3, -0.25) is 14.4 Å². The molecule has 0 radical (unpaired) electrons. The van der Waals surface area contributed by atoms with Crippen LogP contribution in [-0.4, -0.2) is 35.5 Å². The standard InChI is InChI=1S/C12H18N2O4/c15-10-5-7(6-13-10)14-11(16)8-3-1-2-4-9(8)12(17)18/h7-9H,1-6H2,(H,13,15)(H,14,16)(H,17,18). The average Bonchev–Trinajstić information content (AvgIpc) is 2.74. The fourth-order valence-electron chi connectivity index (χ4n) is 2.76. The summed E-state index contributed by atoms with van der Waals surface area (Å²) in [5, 5.41) is 14.5. The summed E-state index contributed by atoms with van der Waals surface area (Å²) in [5.41, 5.74) is 0. The summed E-state index contributed by atoms with van der Waals surface area (Å²) >= 11 is 0. The normalized spacial score (nSPS) is 31.8. The molecule has 2 aliphatic rings. The van der Waals surface area contributed by atoms with Crippen molar-refractivity contribution in [3.05, 3.63) is 0 Å². The first-order chi connectivity index (χ1) is 8.58. The SMILES string of the molecule is O=C1CC(NC(=O)C2CCCCC2C(=O)O)CN1. The van der Waals surface area contributed by atoms with Crippen LogP contribution >= 0.6 is 0 Å². The Morgan fingerprint density at radius 1 is 1.22 bits per heavy atom. The third-order valence-electron chi connectivity index (χ3n) is 3.74. The van der Waals surface area contributed by atoms with Crippen LogP contribution in [0.2, 0.25) is 0 Å². The summed E-state index contributed by atoms with van der Waals surface area (Å²) < 4.78 is 0. The van der Waals surface area contributed by atoms with Gasteiger partial charge in [0.25, 0.3) is 0 Å². The summed E-state index contributed by atoms with van der Waals surface area (Å²) in [5.74, 6) is -2.21. The third kappa shape index (κ3) is 2.80. The molecule has 3 N–H and O–H groups in total. The molecule has 18 heavy (non-hydrogen) atoms. The maximum absolute atomic E-state index is 12.1. The van der Waals surface area contributed by atoms with E-state index in [-0.39, 0.29) is 24.3 Å². The van der Waals surface area contributed by atoms with Crippen LogP contribution in [-0.2, 0) is 14.4 Å². The van der Waals surface area contributed by atoms with Gasteiger partial charge in [-0.2, -0.15) is 0 Å². The maximum Gasteiger partial charge on any atom is 0.307 e. The van der Waals surface area contributed by atoms with E-state index in [1.165, 1.54) is 0 Å². The minimum Gasteiger partial charge on any atom is -0.481 e. The molecule has 0 aromatic heterocycles. The first-order valence-electron chi connectivity index (χ1n) is 6.38. The van der Waals surface area contributed by atoms with Gasteiger partial charge in [0.1, 0.15) is 0 Å². The second kappa shape index (κ2) is 5.37. The van der Waals surface area contributed by atoms with Crippen LogP contribution in [0.25, 0.3) is 0 Å². The molecule has 3 unspecified atom stereocenters.